The predicted molar refractivity (Wildman–Crippen MR) is 227 cm³/mol. The number of nitrogens with zero attached hydrogens (tertiary/aromatic N) is 12. The van der Waals surface area contributed by atoms with Crippen LogP contribution in [-0.2, 0) is 84.0 Å². The van der Waals surface area contributed by atoms with Gasteiger partial charge in [-0.25, -0.2) is 19.3 Å². The molecule has 62 heavy (non-hydrogen) atoms. The molecular weight excluding hydrogens is 833 g/mol. The van der Waals surface area contributed by atoms with E-state index >= 15 is 0 Å². The lowest BCUT2D eigenvalue weighted by atomic mass is 9.93. The zero-order valence-corrected chi connectivity index (χ0v) is 35.8. The molecule has 6 aromatic rings. The van der Waals surface area contributed by atoms with Crippen LogP contribution in [0.4, 0.5) is 11.4 Å². The maximum atomic E-state index is 14.1. The first-order chi connectivity index (χ1) is 30.2. The lowest BCUT2D eigenvalue weighted by Crippen LogP contribution is -2.29. The summed E-state index contributed by atoms with van der Waals surface area (Å²) < 4.78 is 12.4. The quantitative estimate of drug-likeness (QED) is 0.173. The van der Waals surface area contributed by atoms with Gasteiger partial charge < -0.3 is 19.3 Å². The fourth-order valence-electron chi connectivity index (χ4n) is 8.80. The van der Waals surface area contributed by atoms with E-state index in [1.165, 1.54) is 46.3 Å². The Hall–Kier alpha value is -6.22. The van der Waals surface area contributed by atoms with Crippen LogP contribution in [0.25, 0.3) is 11.1 Å². The first-order valence-corrected chi connectivity index (χ1v) is 22.1. The Morgan fingerprint density at radius 2 is 1.06 bits per heavy atom. The molecule has 20 heteroatoms. The fraction of sp³-hybridized carbons (Fsp3) is 0.381. The minimum Gasteiger partial charge on any atom is -0.468 e. The molecule has 0 saturated heterocycles. The molecule has 10 rings (SSSR count). The van der Waals surface area contributed by atoms with Gasteiger partial charge in [0.15, 0.2) is 10.0 Å². The predicted octanol–water partition coefficient (Wildman–Crippen LogP) is 3.32. The summed E-state index contributed by atoms with van der Waals surface area (Å²) in [4.78, 5) is 71.6. The molecule has 0 aliphatic carbocycles. The number of hydrogen-bond acceptors (Lipinski definition) is 16. The summed E-state index contributed by atoms with van der Waals surface area (Å²) >= 11 is 2.91. The normalized spacial score (nSPS) is 15.9. The van der Waals surface area contributed by atoms with E-state index in [2.05, 4.69) is 42.6 Å². The summed E-state index contributed by atoms with van der Waals surface area (Å²) in [5, 5.41) is 17.5. The second-order valence-corrected chi connectivity index (χ2v) is 17.9. The van der Waals surface area contributed by atoms with Gasteiger partial charge in [-0.3, -0.25) is 29.0 Å². The molecule has 4 aromatic heterocycles. The molecule has 0 fully saturated rings. The van der Waals surface area contributed by atoms with Crippen molar-refractivity contribution in [3.8, 4) is 11.1 Å². The average molecular weight is 875 g/mol. The van der Waals surface area contributed by atoms with Gasteiger partial charge in [-0.1, -0.05) is 34.7 Å². The Bertz CT molecular complexity index is 2560. The molecule has 2 aromatic carbocycles. The van der Waals surface area contributed by atoms with Gasteiger partial charge in [0.05, 0.1) is 49.4 Å². The summed E-state index contributed by atoms with van der Waals surface area (Å²) in [6.07, 6.45) is 6.40. The number of esters is 2. The second-order valence-electron chi connectivity index (χ2n) is 15.7. The fourth-order valence-corrected chi connectivity index (χ4v) is 11.0. The van der Waals surface area contributed by atoms with E-state index in [1.54, 1.807) is 12.4 Å². The van der Waals surface area contributed by atoms with Crippen LogP contribution in [-0.4, -0.2) is 114 Å². The monoisotopic (exact) mass is 874 g/mol. The van der Waals surface area contributed by atoms with Crippen LogP contribution in [0.2, 0.25) is 0 Å². The van der Waals surface area contributed by atoms with E-state index in [0.29, 0.717) is 62.1 Å². The number of benzene rings is 2. The maximum Gasteiger partial charge on any atom is 0.327 e. The van der Waals surface area contributed by atoms with E-state index < -0.39 is 0 Å². The zero-order chi connectivity index (χ0) is 42.5. The third kappa shape index (κ3) is 7.67. The highest BCUT2D eigenvalue weighted by Gasteiger charge is 2.35. The summed E-state index contributed by atoms with van der Waals surface area (Å²) in [7, 11) is 2.69. The summed E-state index contributed by atoms with van der Waals surface area (Å²) in [5.41, 5.74) is 9.64. The van der Waals surface area contributed by atoms with Crippen LogP contribution in [0, 0.1) is 0 Å². The molecule has 8 heterocycles. The van der Waals surface area contributed by atoms with Crippen LogP contribution in [0.15, 0.2) is 48.8 Å². The van der Waals surface area contributed by atoms with E-state index in [4.69, 9.17) is 19.4 Å². The van der Waals surface area contributed by atoms with Crippen molar-refractivity contribution in [2.24, 2.45) is 0 Å². The highest BCUT2D eigenvalue weighted by Crippen LogP contribution is 2.43. The summed E-state index contributed by atoms with van der Waals surface area (Å²) in [5.74, 6) is -0.955. The van der Waals surface area contributed by atoms with E-state index in [-0.39, 0.29) is 36.8 Å². The van der Waals surface area contributed by atoms with Gasteiger partial charge in [0.25, 0.3) is 11.8 Å². The van der Waals surface area contributed by atoms with Crippen molar-refractivity contribution in [2.75, 3.05) is 50.2 Å². The van der Waals surface area contributed by atoms with Crippen LogP contribution in [0.1, 0.15) is 63.3 Å². The molecule has 18 nitrogen and oxygen atoms in total. The number of carbonyl (C=O) groups excluding carboxylic acids is 4. The molecule has 0 spiro atoms. The van der Waals surface area contributed by atoms with Gasteiger partial charge in [-0.2, -0.15) is 0 Å². The first-order valence-electron chi connectivity index (χ1n) is 20.4. The molecule has 318 valence electrons. The standard InChI is InChI=1S/C42H42N12O6S2/c1-59-37(55)23-51-19-25(45-47-51)17-49-13-11-31-35(21-49)61-39(43-31)41(57)53-15-9-29-27(5-3-7-33(29)53)28-6-4-8-34-30(28)10-16-54(34)42(58)40-44-32-12-14-50(22-36(32)62-40)18-26-20-52(48-46-26)24-38(56)60-2/h3-8,19-20H,9-18,21-24H2,1-2H3. The second kappa shape index (κ2) is 16.6. The Morgan fingerprint density at radius 3 is 1.50 bits per heavy atom. The summed E-state index contributed by atoms with van der Waals surface area (Å²) in [6.45, 7) is 5.13. The molecule has 0 saturated carbocycles. The SMILES string of the molecule is COC(=O)Cn1cc(CN2CCc3nc(C(=O)N4CCc5c(-c6cccc7c6CCN7C(=O)c6nc7c(s6)CN(Cc6cn(CC(=O)OC)nn6)CC7)cccc54)sc3C2)nn1. The van der Waals surface area contributed by atoms with Crippen LogP contribution < -0.4 is 9.80 Å². The number of aromatic nitrogens is 8. The lowest BCUT2D eigenvalue weighted by molar-refractivity contribution is -0.142. The number of rotatable bonds is 11. The zero-order valence-electron chi connectivity index (χ0n) is 34.2. The number of thiazole rings is 2. The number of ether oxygens (including phenoxy) is 2. The number of methoxy groups -OCH3 is 2. The first kappa shape index (κ1) is 39.9. The largest absolute Gasteiger partial charge is 0.468 e. The molecule has 2 amide bonds. The van der Waals surface area contributed by atoms with Crippen molar-refractivity contribution in [1.82, 2.24) is 49.8 Å². The molecule has 4 aliphatic heterocycles. The average Bonchev–Trinajstić information content (AvgIpc) is 4.15. The van der Waals surface area contributed by atoms with Crippen LogP contribution in [0.3, 0.4) is 0 Å². The van der Waals surface area contributed by atoms with Gasteiger partial charge in [0, 0.05) is 86.3 Å². The van der Waals surface area contributed by atoms with Gasteiger partial charge >= 0.3 is 11.9 Å². The molecule has 0 bridgehead atoms. The number of anilines is 2. The van der Waals surface area contributed by atoms with Crippen molar-refractivity contribution in [2.45, 2.75) is 65.0 Å². The van der Waals surface area contributed by atoms with E-state index in [1.807, 2.05) is 34.1 Å². The third-order valence-electron chi connectivity index (χ3n) is 11.8. The van der Waals surface area contributed by atoms with Crippen LogP contribution >= 0.6 is 22.7 Å². The number of fused-ring (bicyclic) bond motifs is 4. The Morgan fingerprint density at radius 1 is 0.613 bits per heavy atom. The molecule has 0 unspecified atom stereocenters. The Balaban J connectivity index is 0.812. The number of hydrogen-bond donors (Lipinski definition) is 0. The molecule has 0 N–H and O–H groups in total. The maximum absolute atomic E-state index is 14.1. The minimum absolute atomic E-state index is 0.0113. The Kier molecular flexibility index (Phi) is 10.7. The highest BCUT2D eigenvalue weighted by molar-refractivity contribution is 7.14. The van der Waals surface area contributed by atoms with Crippen molar-refractivity contribution in [1.29, 1.82) is 0 Å². The number of amides is 2. The molecule has 0 radical (unpaired) electrons. The lowest BCUT2D eigenvalue weighted by Gasteiger charge is -2.24. The number of carbonyl (C=O) groups is 4. The highest BCUT2D eigenvalue weighted by atomic mass is 32.1. The Labute approximate surface area is 363 Å². The molecular formula is C42H42N12O6S2. The van der Waals surface area contributed by atoms with Crippen molar-refractivity contribution < 1.29 is 28.7 Å². The van der Waals surface area contributed by atoms with Crippen molar-refractivity contribution in [3.05, 3.63) is 102 Å². The van der Waals surface area contributed by atoms with E-state index in [9.17, 15) is 19.2 Å². The van der Waals surface area contributed by atoms with Gasteiger partial charge in [-0.15, -0.1) is 32.9 Å². The van der Waals surface area contributed by atoms with Gasteiger partial charge in [-0.05, 0) is 47.2 Å². The van der Waals surface area contributed by atoms with E-state index in [0.717, 1.165) is 92.1 Å². The summed E-state index contributed by atoms with van der Waals surface area (Å²) in [6, 6.07) is 12.3. The molecule has 0 atom stereocenters. The molecule has 4 aliphatic rings. The third-order valence-corrected chi connectivity index (χ3v) is 13.9. The van der Waals surface area contributed by atoms with Gasteiger partial charge in [0.1, 0.15) is 13.1 Å². The smallest absolute Gasteiger partial charge is 0.327 e. The minimum atomic E-state index is -0.385. The van der Waals surface area contributed by atoms with Gasteiger partial charge in [0.2, 0.25) is 0 Å². The van der Waals surface area contributed by atoms with Crippen molar-refractivity contribution >= 4 is 57.8 Å². The van der Waals surface area contributed by atoms with Crippen LogP contribution in [0.5, 0.6) is 0 Å². The topological polar surface area (TPSA) is 187 Å². The van der Waals surface area contributed by atoms with Crippen molar-refractivity contribution in [3.63, 3.8) is 0 Å².